The summed E-state index contributed by atoms with van der Waals surface area (Å²) in [6.45, 7) is 0.450. The van der Waals surface area contributed by atoms with Crippen molar-refractivity contribution in [2.75, 3.05) is 5.32 Å². The topological polar surface area (TPSA) is 51.0 Å². The van der Waals surface area contributed by atoms with Gasteiger partial charge in [-0.15, -0.1) is 0 Å². The van der Waals surface area contributed by atoms with Crippen molar-refractivity contribution < 1.29 is 4.52 Å². The summed E-state index contributed by atoms with van der Waals surface area (Å²) in [4.78, 5) is 4.32. The van der Waals surface area contributed by atoms with Crippen LogP contribution in [-0.2, 0) is 6.54 Å². The molecule has 0 saturated heterocycles. The van der Waals surface area contributed by atoms with Gasteiger partial charge in [0, 0.05) is 21.3 Å². The third kappa shape index (κ3) is 3.54. The van der Waals surface area contributed by atoms with Crippen molar-refractivity contribution in [2.45, 2.75) is 6.54 Å². The molecule has 0 radical (unpaired) electrons. The fraction of sp³-hybridized carbons (Fsp3) is 0.0667. The van der Waals surface area contributed by atoms with Gasteiger partial charge in [-0.3, -0.25) is 0 Å². The predicted octanol–water partition coefficient (Wildman–Crippen LogP) is 4.66. The summed E-state index contributed by atoms with van der Waals surface area (Å²) in [7, 11) is 0. The Balaban J connectivity index is 1.74. The molecule has 0 atom stereocenters. The number of hydrogen-bond acceptors (Lipinski definition) is 4. The Morgan fingerprint density at radius 1 is 1.00 bits per heavy atom. The highest BCUT2D eigenvalue weighted by Crippen LogP contribution is 2.25. The predicted molar refractivity (Wildman–Crippen MR) is 83.5 cm³/mol. The molecule has 0 saturated carbocycles. The van der Waals surface area contributed by atoms with Crippen LogP contribution in [0.4, 0.5) is 5.69 Å². The number of para-hydroxylation sites is 1. The lowest BCUT2D eigenvalue weighted by Crippen LogP contribution is -1.99. The molecule has 4 nitrogen and oxygen atoms in total. The standard InChI is InChI=1S/C15H11Cl2N3O/c16-11-6-10(7-12(17)8-11)15-19-14(21-20-15)9-18-13-4-2-1-3-5-13/h1-8,18H,9H2. The average Bonchev–Trinajstić information content (AvgIpc) is 2.94. The molecule has 0 aliphatic heterocycles. The van der Waals surface area contributed by atoms with E-state index < -0.39 is 0 Å². The Bertz CT molecular complexity index is 723. The van der Waals surface area contributed by atoms with Gasteiger partial charge in [0.15, 0.2) is 0 Å². The lowest BCUT2D eigenvalue weighted by molar-refractivity contribution is 0.384. The number of nitrogens with one attached hydrogen (secondary N) is 1. The van der Waals surface area contributed by atoms with Crippen LogP contribution >= 0.6 is 23.2 Å². The monoisotopic (exact) mass is 319 g/mol. The van der Waals surface area contributed by atoms with Crippen molar-refractivity contribution in [1.82, 2.24) is 10.1 Å². The maximum absolute atomic E-state index is 5.97. The fourth-order valence-corrected chi connectivity index (χ4v) is 2.39. The van der Waals surface area contributed by atoms with Crippen molar-refractivity contribution in [3.8, 4) is 11.4 Å². The van der Waals surface area contributed by atoms with E-state index in [2.05, 4.69) is 15.5 Å². The van der Waals surface area contributed by atoms with Crippen LogP contribution in [0, 0.1) is 0 Å². The SMILES string of the molecule is Clc1cc(Cl)cc(-c2noc(CNc3ccccc3)n2)c1. The van der Waals surface area contributed by atoms with Crippen LogP contribution in [0.2, 0.25) is 10.0 Å². The first-order chi connectivity index (χ1) is 10.2. The van der Waals surface area contributed by atoms with Crippen LogP contribution in [0.1, 0.15) is 5.89 Å². The van der Waals surface area contributed by atoms with Crippen LogP contribution in [0.15, 0.2) is 53.1 Å². The smallest absolute Gasteiger partial charge is 0.246 e. The van der Waals surface area contributed by atoms with E-state index in [-0.39, 0.29) is 0 Å². The van der Waals surface area contributed by atoms with E-state index >= 15 is 0 Å². The van der Waals surface area contributed by atoms with E-state index in [1.807, 2.05) is 30.3 Å². The second-order valence-electron chi connectivity index (χ2n) is 4.39. The molecule has 1 aromatic heterocycles. The Labute approximate surface area is 131 Å². The second kappa shape index (κ2) is 6.16. The first-order valence-corrected chi connectivity index (χ1v) is 7.04. The number of anilines is 1. The van der Waals surface area contributed by atoms with Crippen LogP contribution in [0.25, 0.3) is 11.4 Å². The molecule has 6 heteroatoms. The minimum atomic E-state index is 0.450. The molecule has 0 unspecified atom stereocenters. The number of hydrogen-bond donors (Lipinski definition) is 1. The lowest BCUT2D eigenvalue weighted by Gasteiger charge is -2.01. The summed E-state index contributed by atoms with van der Waals surface area (Å²) in [6, 6.07) is 14.9. The molecular formula is C15H11Cl2N3O. The molecule has 2 aromatic carbocycles. The van der Waals surface area contributed by atoms with Crippen molar-refractivity contribution in [3.63, 3.8) is 0 Å². The molecule has 0 aliphatic carbocycles. The number of rotatable bonds is 4. The number of nitrogens with zero attached hydrogens (tertiary/aromatic N) is 2. The molecule has 3 rings (SSSR count). The summed E-state index contributed by atoms with van der Waals surface area (Å²) in [5.41, 5.74) is 1.71. The molecule has 1 heterocycles. The minimum Gasteiger partial charge on any atom is -0.376 e. The maximum atomic E-state index is 5.97. The van der Waals surface area contributed by atoms with Crippen LogP contribution in [-0.4, -0.2) is 10.1 Å². The number of halogens is 2. The van der Waals surface area contributed by atoms with Gasteiger partial charge in [-0.05, 0) is 30.3 Å². The minimum absolute atomic E-state index is 0.450. The van der Waals surface area contributed by atoms with Gasteiger partial charge in [0.25, 0.3) is 0 Å². The Morgan fingerprint density at radius 2 is 1.71 bits per heavy atom. The van der Waals surface area contributed by atoms with Crippen LogP contribution < -0.4 is 5.32 Å². The summed E-state index contributed by atoms with van der Waals surface area (Å²) >= 11 is 11.9. The molecule has 0 amide bonds. The van der Waals surface area contributed by atoms with E-state index in [1.165, 1.54) is 0 Å². The zero-order chi connectivity index (χ0) is 14.7. The largest absolute Gasteiger partial charge is 0.376 e. The Kier molecular flexibility index (Phi) is 4.08. The van der Waals surface area contributed by atoms with Gasteiger partial charge >= 0.3 is 0 Å². The molecule has 0 fully saturated rings. The normalized spacial score (nSPS) is 10.6. The van der Waals surface area contributed by atoms with Crippen molar-refractivity contribution >= 4 is 28.9 Å². The fourth-order valence-electron chi connectivity index (χ4n) is 1.86. The molecule has 3 aromatic rings. The van der Waals surface area contributed by atoms with Crippen molar-refractivity contribution in [2.24, 2.45) is 0 Å². The molecule has 1 N–H and O–H groups in total. The van der Waals surface area contributed by atoms with E-state index in [1.54, 1.807) is 18.2 Å². The van der Waals surface area contributed by atoms with Gasteiger partial charge in [0.1, 0.15) is 0 Å². The number of aromatic nitrogens is 2. The van der Waals surface area contributed by atoms with Gasteiger partial charge in [-0.25, -0.2) is 0 Å². The van der Waals surface area contributed by atoms with Crippen LogP contribution in [0.3, 0.4) is 0 Å². The highest BCUT2D eigenvalue weighted by molar-refractivity contribution is 6.35. The summed E-state index contributed by atoms with van der Waals surface area (Å²) in [5, 5.41) is 8.20. The molecular weight excluding hydrogens is 309 g/mol. The molecule has 0 spiro atoms. The van der Waals surface area contributed by atoms with E-state index in [4.69, 9.17) is 27.7 Å². The Hall–Kier alpha value is -2.04. The van der Waals surface area contributed by atoms with E-state index in [0.29, 0.717) is 28.3 Å². The molecule has 21 heavy (non-hydrogen) atoms. The zero-order valence-electron chi connectivity index (χ0n) is 10.9. The van der Waals surface area contributed by atoms with Crippen molar-refractivity contribution in [1.29, 1.82) is 0 Å². The van der Waals surface area contributed by atoms with Crippen molar-refractivity contribution in [3.05, 3.63) is 64.5 Å². The van der Waals surface area contributed by atoms with Gasteiger partial charge in [0.2, 0.25) is 11.7 Å². The second-order valence-corrected chi connectivity index (χ2v) is 5.26. The van der Waals surface area contributed by atoms with E-state index in [0.717, 1.165) is 11.3 Å². The lowest BCUT2D eigenvalue weighted by atomic mass is 10.2. The quantitative estimate of drug-likeness (QED) is 0.760. The summed E-state index contributed by atoms with van der Waals surface area (Å²) < 4.78 is 5.21. The summed E-state index contributed by atoms with van der Waals surface area (Å²) in [5.74, 6) is 0.953. The first kappa shape index (κ1) is 13.9. The third-order valence-corrected chi connectivity index (χ3v) is 3.24. The number of benzene rings is 2. The van der Waals surface area contributed by atoms with E-state index in [9.17, 15) is 0 Å². The molecule has 106 valence electrons. The van der Waals surface area contributed by atoms with Gasteiger partial charge in [-0.2, -0.15) is 4.98 Å². The zero-order valence-corrected chi connectivity index (χ0v) is 12.4. The molecule has 0 bridgehead atoms. The van der Waals surface area contributed by atoms with Crippen LogP contribution in [0.5, 0.6) is 0 Å². The highest BCUT2D eigenvalue weighted by atomic mass is 35.5. The highest BCUT2D eigenvalue weighted by Gasteiger charge is 2.10. The van der Waals surface area contributed by atoms with Gasteiger partial charge < -0.3 is 9.84 Å². The van der Waals surface area contributed by atoms with Gasteiger partial charge in [0.05, 0.1) is 6.54 Å². The summed E-state index contributed by atoms with van der Waals surface area (Å²) in [6.07, 6.45) is 0. The maximum Gasteiger partial charge on any atom is 0.246 e. The third-order valence-electron chi connectivity index (χ3n) is 2.81. The van der Waals surface area contributed by atoms with Gasteiger partial charge in [-0.1, -0.05) is 46.6 Å². The average molecular weight is 320 g/mol. The molecule has 0 aliphatic rings. The first-order valence-electron chi connectivity index (χ1n) is 6.29. The Morgan fingerprint density at radius 3 is 2.43 bits per heavy atom.